The van der Waals surface area contributed by atoms with Crippen molar-refractivity contribution in [1.29, 1.82) is 0 Å². The van der Waals surface area contributed by atoms with Crippen molar-refractivity contribution in [3.8, 4) is 5.75 Å². The van der Waals surface area contributed by atoms with Crippen LogP contribution in [0.2, 0.25) is 5.02 Å². The number of ether oxygens (including phenoxy) is 1. The van der Waals surface area contributed by atoms with Crippen LogP contribution in [-0.4, -0.2) is 0 Å². The zero-order chi connectivity index (χ0) is 20.4. The van der Waals surface area contributed by atoms with Gasteiger partial charge in [-0.15, -0.1) is 0 Å². The Balaban J connectivity index is 0. The van der Waals surface area contributed by atoms with Crippen molar-refractivity contribution in [3.63, 3.8) is 0 Å². The third-order valence-electron chi connectivity index (χ3n) is 3.57. The van der Waals surface area contributed by atoms with Crippen LogP contribution >= 0.6 is 11.6 Å². The number of benzene rings is 2. The zero-order valence-corrected chi connectivity index (χ0v) is 18.9. The lowest BCUT2D eigenvalue weighted by molar-refractivity contribution is 0.305. The lowest BCUT2D eigenvalue weighted by Gasteiger charge is -2.10. The molecule has 26 heavy (non-hydrogen) atoms. The summed E-state index contributed by atoms with van der Waals surface area (Å²) in [7, 11) is 0. The lowest BCUT2D eigenvalue weighted by Crippen LogP contribution is -1.98. The van der Waals surface area contributed by atoms with E-state index < -0.39 is 0 Å². The highest BCUT2D eigenvalue weighted by Gasteiger charge is 2.04. The molecule has 0 aliphatic rings. The summed E-state index contributed by atoms with van der Waals surface area (Å²) in [6.45, 7) is 17.1. The van der Waals surface area contributed by atoms with Crippen LogP contribution in [0.15, 0.2) is 42.5 Å². The highest BCUT2D eigenvalue weighted by Crippen LogP contribution is 2.22. The minimum Gasteiger partial charge on any atom is -0.489 e. The number of aryl methyl sites for hydroxylation is 2. The lowest BCUT2D eigenvalue weighted by atomic mass is 10.1. The molecule has 0 spiro atoms. The summed E-state index contributed by atoms with van der Waals surface area (Å²) in [6, 6.07) is 14.1. The highest BCUT2D eigenvalue weighted by atomic mass is 35.5. The average Bonchev–Trinajstić information content (AvgIpc) is 2.71. The zero-order valence-electron chi connectivity index (χ0n) is 18.2. The number of halogens is 1. The minimum atomic E-state index is 0.511. The van der Waals surface area contributed by atoms with Crippen molar-refractivity contribution >= 4 is 11.6 Å². The summed E-state index contributed by atoms with van der Waals surface area (Å²) in [5.41, 5.74) is 3.53. The topological polar surface area (TPSA) is 9.23 Å². The molecular formula is C24H39ClO. The standard InChI is InChI=1S/C16H17ClO.C4H10.2C2H6/c1-3-13-7-9-14(10-8-13)18-11-15-12(2)5-4-6-16(15)17;1-3-4-2;2*1-2/h4-10H,3,11H2,1-2H3;3-4H2,1-2H3;2*1-2H3. The van der Waals surface area contributed by atoms with Gasteiger partial charge in [0, 0.05) is 10.6 Å². The fraction of sp³-hybridized carbons (Fsp3) is 0.500. The van der Waals surface area contributed by atoms with E-state index in [1.165, 1.54) is 18.4 Å². The molecule has 2 heteroatoms. The van der Waals surface area contributed by atoms with Gasteiger partial charge in [0.2, 0.25) is 0 Å². The van der Waals surface area contributed by atoms with Gasteiger partial charge in [0.05, 0.1) is 0 Å². The van der Waals surface area contributed by atoms with Crippen molar-refractivity contribution < 1.29 is 4.74 Å². The van der Waals surface area contributed by atoms with Gasteiger partial charge in [-0.1, -0.05) is 97.2 Å². The molecule has 0 heterocycles. The van der Waals surface area contributed by atoms with E-state index in [0.717, 1.165) is 28.3 Å². The van der Waals surface area contributed by atoms with Gasteiger partial charge in [-0.3, -0.25) is 0 Å². The average molecular weight is 379 g/mol. The summed E-state index contributed by atoms with van der Waals surface area (Å²) in [4.78, 5) is 0. The molecular weight excluding hydrogens is 340 g/mol. The molecule has 0 fully saturated rings. The van der Waals surface area contributed by atoms with Crippen molar-refractivity contribution in [3.05, 3.63) is 64.2 Å². The molecule has 0 bridgehead atoms. The van der Waals surface area contributed by atoms with Gasteiger partial charge >= 0.3 is 0 Å². The smallest absolute Gasteiger partial charge is 0.119 e. The number of hydrogen-bond donors (Lipinski definition) is 0. The molecule has 0 radical (unpaired) electrons. The maximum absolute atomic E-state index is 6.16. The van der Waals surface area contributed by atoms with Crippen LogP contribution in [-0.2, 0) is 13.0 Å². The van der Waals surface area contributed by atoms with Crippen LogP contribution in [0.4, 0.5) is 0 Å². The molecule has 148 valence electrons. The molecule has 0 aliphatic heterocycles. The van der Waals surface area contributed by atoms with Gasteiger partial charge in [0.15, 0.2) is 0 Å². The Morgan fingerprint density at radius 2 is 1.35 bits per heavy atom. The van der Waals surface area contributed by atoms with E-state index in [9.17, 15) is 0 Å². The van der Waals surface area contributed by atoms with Gasteiger partial charge in [0.1, 0.15) is 12.4 Å². The highest BCUT2D eigenvalue weighted by molar-refractivity contribution is 6.31. The fourth-order valence-electron chi connectivity index (χ4n) is 1.83. The number of unbranched alkanes of at least 4 members (excludes halogenated alkanes) is 1. The summed E-state index contributed by atoms with van der Waals surface area (Å²) < 4.78 is 5.77. The van der Waals surface area contributed by atoms with Gasteiger partial charge < -0.3 is 4.74 Å². The summed E-state index contributed by atoms with van der Waals surface area (Å²) in [5.74, 6) is 0.881. The van der Waals surface area contributed by atoms with Crippen LogP contribution in [0.5, 0.6) is 5.75 Å². The second kappa shape index (κ2) is 18.3. The first-order valence-corrected chi connectivity index (χ1v) is 10.5. The molecule has 2 aromatic rings. The van der Waals surface area contributed by atoms with E-state index >= 15 is 0 Å². The second-order valence-corrected chi connectivity index (χ2v) is 5.73. The number of rotatable bonds is 5. The summed E-state index contributed by atoms with van der Waals surface area (Å²) >= 11 is 6.16. The van der Waals surface area contributed by atoms with E-state index in [2.05, 4.69) is 32.9 Å². The Hall–Kier alpha value is -1.47. The molecule has 2 rings (SSSR count). The van der Waals surface area contributed by atoms with Crippen LogP contribution in [0.3, 0.4) is 0 Å². The van der Waals surface area contributed by atoms with Crippen LogP contribution in [0.25, 0.3) is 0 Å². The van der Waals surface area contributed by atoms with Crippen molar-refractivity contribution in [1.82, 2.24) is 0 Å². The third-order valence-corrected chi connectivity index (χ3v) is 3.92. The third kappa shape index (κ3) is 11.2. The van der Waals surface area contributed by atoms with Gasteiger partial charge in [0.25, 0.3) is 0 Å². The minimum absolute atomic E-state index is 0.511. The molecule has 0 N–H and O–H groups in total. The first kappa shape index (κ1) is 26.8. The van der Waals surface area contributed by atoms with E-state index in [0.29, 0.717) is 6.61 Å². The Labute approximate surface area is 167 Å². The molecule has 0 unspecified atom stereocenters. The van der Waals surface area contributed by atoms with Crippen molar-refractivity contribution in [2.45, 2.75) is 81.3 Å². The molecule has 0 saturated heterocycles. The molecule has 2 aromatic carbocycles. The molecule has 0 saturated carbocycles. The molecule has 0 aromatic heterocycles. The van der Waals surface area contributed by atoms with Gasteiger partial charge in [-0.25, -0.2) is 0 Å². The molecule has 0 atom stereocenters. The van der Waals surface area contributed by atoms with E-state index in [-0.39, 0.29) is 0 Å². The Morgan fingerprint density at radius 3 is 1.77 bits per heavy atom. The maximum Gasteiger partial charge on any atom is 0.119 e. The quantitative estimate of drug-likeness (QED) is 0.505. The largest absolute Gasteiger partial charge is 0.489 e. The van der Waals surface area contributed by atoms with E-state index in [4.69, 9.17) is 16.3 Å². The second-order valence-electron chi connectivity index (χ2n) is 5.32. The van der Waals surface area contributed by atoms with Gasteiger partial charge in [-0.05, 0) is 42.7 Å². The Bertz CT molecular complexity index is 524. The summed E-state index contributed by atoms with van der Waals surface area (Å²) in [5, 5.41) is 0.764. The predicted octanol–water partition coefficient (Wildman–Crippen LogP) is 8.65. The molecule has 0 amide bonds. The molecule has 1 nitrogen and oxygen atoms in total. The van der Waals surface area contributed by atoms with Crippen molar-refractivity contribution in [2.24, 2.45) is 0 Å². The van der Waals surface area contributed by atoms with E-state index in [1.54, 1.807) is 0 Å². The first-order chi connectivity index (χ1) is 12.6. The van der Waals surface area contributed by atoms with Crippen molar-refractivity contribution in [2.75, 3.05) is 0 Å². The van der Waals surface area contributed by atoms with Gasteiger partial charge in [-0.2, -0.15) is 0 Å². The summed E-state index contributed by atoms with van der Waals surface area (Å²) in [6.07, 6.45) is 3.68. The van der Waals surface area contributed by atoms with Crippen LogP contribution < -0.4 is 4.74 Å². The SMILES string of the molecule is CC.CC.CCCC.CCc1ccc(OCc2c(C)cccc2Cl)cc1. The normalized spacial score (nSPS) is 8.81. The first-order valence-electron chi connectivity index (χ1n) is 10.1. The Kier molecular flexibility index (Phi) is 18.9. The number of hydrogen-bond acceptors (Lipinski definition) is 1. The van der Waals surface area contributed by atoms with Crippen LogP contribution in [0, 0.1) is 6.92 Å². The maximum atomic E-state index is 6.16. The van der Waals surface area contributed by atoms with E-state index in [1.807, 2.05) is 65.0 Å². The molecule has 0 aliphatic carbocycles. The fourth-order valence-corrected chi connectivity index (χ4v) is 2.10. The van der Waals surface area contributed by atoms with Crippen LogP contribution in [0.1, 0.15) is 78.0 Å². The Morgan fingerprint density at radius 1 is 0.808 bits per heavy atom. The monoisotopic (exact) mass is 378 g/mol. The predicted molar refractivity (Wildman–Crippen MR) is 120 cm³/mol.